The normalized spacial score (nSPS) is 17.5. The molecule has 1 atom stereocenters. The van der Waals surface area contributed by atoms with E-state index in [4.69, 9.17) is 0 Å². The molecule has 0 amide bonds. The third kappa shape index (κ3) is 2.97. The van der Waals surface area contributed by atoms with E-state index in [1.54, 1.807) is 48.7 Å². The Morgan fingerprint density at radius 2 is 1.81 bits per heavy atom. The molecule has 0 saturated heterocycles. The second kappa shape index (κ2) is 6.34. The van der Waals surface area contributed by atoms with Crippen molar-refractivity contribution < 1.29 is 12.8 Å². The number of nitrogens with zero attached hydrogens (tertiary/aromatic N) is 2. The summed E-state index contributed by atoms with van der Waals surface area (Å²) >= 11 is 0. The van der Waals surface area contributed by atoms with E-state index >= 15 is 0 Å². The second-order valence-corrected chi connectivity index (χ2v) is 7.44. The number of sulfonamides is 1. The Morgan fingerprint density at radius 1 is 1.00 bits per heavy atom. The van der Waals surface area contributed by atoms with Crippen molar-refractivity contribution in [2.45, 2.75) is 10.9 Å². The lowest BCUT2D eigenvalue weighted by Crippen LogP contribution is -2.23. The molecule has 0 spiro atoms. The van der Waals surface area contributed by atoms with Crippen LogP contribution < -0.4 is 4.72 Å². The Morgan fingerprint density at radius 3 is 2.58 bits per heavy atom. The largest absolute Gasteiger partial charge is 0.263 e. The van der Waals surface area contributed by atoms with E-state index in [1.165, 1.54) is 18.2 Å². The number of amidine groups is 1. The number of hydrogen-bond acceptors (Lipinski definition) is 4. The molecule has 1 unspecified atom stereocenters. The highest BCUT2D eigenvalue weighted by atomic mass is 32.2. The van der Waals surface area contributed by atoms with Crippen molar-refractivity contribution in [3.8, 4) is 0 Å². The van der Waals surface area contributed by atoms with E-state index in [2.05, 4.69) is 14.7 Å². The number of benzene rings is 2. The molecule has 2 heterocycles. The number of aliphatic imine (C=N–C) groups is 1. The lowest BCUT2D eigenvalue weighted by molar-refractivity contribution is 0.595. The first-order valence-corrected chi connectivity index (χ1v) is 9.39. The van der Waals surface area contributed by atoms with Gasteiger partial charge < -0.3 is 0 Å². The molecule has 130 valence electrons. The minimum Gasteiger partial charge on any atom is -0.263 e. The summed E-state index contributed by atoms with van der Waals surface area (Å²) < 4.78 is 40.8. The van der Waals surface area contributed by atoms with Gasteiger partial charge in [-0.3, -0.25) is 14.7 Å². The average Bonchev–Trinajstić information content (AvgIpc) is 2.91. The molecule has 0 saturated carbocycles. The smallest absolute Gasteiger partial charge is 0.263 e. The predicted molar refractivity (Wildman–Crippen MR) is 95.8 cm³/mol. The molecule has 2 aromatic carbocycles. The van der Waals surface area contributed by atoms with Crippen LogP contribution in [0, 0.1) is 5.82 Å². The van der Waals surface area contributed by atoms with Crippen molar-refractivity contribution in [3.63, 3.8) is 0 Å². The minimum absolute atomic E-state index is 0.178. The Balaban J connectivity index is 1.88. The second-order valence-electron chi connectivity index (χ2n) is 5.79. The van der Waals surface area contributed by atoms with Crippen LogP contribution >= 0.6 is 0 Å². The van der Waals surface area contributed by atoms with Gasteiger partial charge >= 0.3 is 0 Å². The topological polar surface area (TPSA) is 71.4 Å². The SMILES string of the molecule is O=S1(=O)NC(=NC(c2cccc(F)c2)c2ccccn2)c2ccccc21. The van der Waals surface area contributed by atoms with Crippen LogP contribution in [-0.4, -0.2) is 19.2 Å². The molecule has 7 heteroatoms. The lowest BCUT2D eigenvalue weighted by atomic mass is 10.0. The Hall–Kier alpha value is -3.06. The van der Waals surface area contributed by atoms with E-state index < -0.39 is 21.9 Å². The molecule has 1 aliphatic heterocycles. The Bertz CT molecular complexity index is 1100. The number of pyridine rings is 1. The van der Waals surface area contributed by atoms with Gasteiger partial charge in [0.2, 0.25) is 0 Å². The summed E-state index contributed by atoms with van der Waals surface area (Å²) in [5.74, 6) is -0.170. The molecular weight excluding hydrogens is 353 g/mol. The molecule has 1 aromatic heterocycles. The lowest BCUT2D eigenvalue weighted by Gasteiger charge is -2.14. The van der Waals surface area contributed by atoms with Crippen molar-refractivity contribution >= 4 is 15.9 Å². The first kappa shape index (κ1) is 16.4. The molecule has 0 aliphatic carbocycles. The molecule has 0 radical (unpaired) electrons. The van der Waals surface area contributed by atoms with Crippen LogP contribution in [0.3, 0.4) is 0 Å². The van der Waals surface area contributed by atoms with Gasteiger partial charge in [-0.2, -0.15) is 0 Å². The monoisotopic (exact) mass is 367 g/mol. The number of hydrogen-bond donors (Lipinski definition) is 1. The van der Waals surface area contributed by atoms with Crippen molar-refractivity contribution in [1.82, 2.24) is 9.71 Å². The first-order valence-electron chi connectivity index (χ1n) is 7.91. The van der Waals surface area contributed by atoms with E-state index in [0.29, 0.717) is 16.8 Å². The van der Waals surface area contributed by atoms with Gasteiger partial charge in [0.15, 0.2) is 0 Å². The van der Waals surface area contributed by atoms with Gasteiger partial charge in [-0.05, 0) is 42.0 Å². The molecule has 0 fully saturated rings. The van der Waals surface area contributed by atoms with Crippen molar-refractivity contribution in [1.29, 1.82) is 0 Å². The highest BCUT2D eigenvalue weighted by molar-refractivity contribution is 7.90. The van der Waals surface area contributed by atoms with Gasteiger partial charge in [0.25, 0.3) is 10.0 Å². The van der Waals surface area contributed by atoms with Crippen LogP contribution in [0.15, 0.2) is 82.8 Å². The molecule has 26 heavy (non-hydrogen) atoms. The molecule has 0 bridgehead atoms. The zero-order valence-corrected chi connectivity index (χ0v) is 14.3. The third-order valence-electron chi connectivity index (χ3n) is 4.05. The maximum atomic E-state index is 13.7. The summed E-state index contributed by atoms with van der Waals surface area (Å²) in [5, 5.41) is 0. The van der Waals surface area contributed by atoms with Crippen molar-refractivity contribution in [3.05, 3.63) is 95.6 Å². The standard InChI is InChI=1S/C19H14FN3O2S/c20-14-7-5-6-13(12-14)18(16-9-3-4-11-21-16)22-19-15-8-1-2-10-17(15)26(24,25)23-19/h1-12,18H,(H,22,23). The minimum atomic E-state index is -3.65. The number of fused-ring (bicyclic) bond motifs is 1. The van der Waals surface area contributed by atoms with E-state index in [-0.39, 0.29) is 10.7 Å². The van der Waals surface area contributed by atoms with Crippen molar-refractivity contribution in [2.24, 2.45) is 4.99 Å². The van der Waals surface area contributed by atoms with Crippen molar-refractivity contribution in [2.75, 3.05) is 0 Å². The third-order valence-corrected chi connectivity index (χ3v) is 5.45. The maximum absolute atomic E-state index is 13.7. The number of halogens is 1. The fraction of sp³-hybridized carbons (Fsp3) is 0.0526. The molecule has 5 nitrogen and oxygen atoms in total. The molecule has 1 N–H and O–H groups in total. The summed E-state index contributed by atoms with van der Waals surface area (Å²) in [6.07, 6.45) is 1.62. The van der Waals surface area contributed by atoms with Gasteiger partial charge in [0, 0.05) is 11.8 Å². The summed E-state index contributed by atoms with van der Waals surface area (Å²) in [4.78, 5) is 9.08. The first-order chi connectivity index (χ1) is 12.5. The quantitative estimate of drug-likeness (QED) is 0.773. The zero-order valence-electron chi connectivity index (χ0n) is 13.5. The van der Waals surface area contributed by atoms with Crippen LogP contribution in [0.1, 0.15) is 22.9 Å². The van der Waals surface area contributed by atoms with Gasteiger partial charge in [0.1, 0.15) is 17.7 Å². The summed E-state index contributed by atoms with van der Waals surface area (Å²) in [7, 11) is -3.65. The molecule has 4 rings (SSSR count). The maximum Gasteiger partial charge on any atom is 0.263 e. The number of rotatable bonds is 3. The summed E-state index contributed by atoms with van der Waals surface area (Å²) in [6, 6.07) is 17.4. The number of aromatic nitrogens is 1. The number of nitrogens with one attached hydrogen (secondary N) is 1. The molecule has 1 aliphatic rings. The summed E-state index contributed by atoms with van der Waals surface area (Å²) in [6.45, 7) is 0. The van der Waals surface area contributed by atoms with Gasteiger partial charge in [-0.15, -0.1) is 0 Å². The molecule has 3 aromatic rings. The fourth-order valence-corrected chi connectivity index (χ4v) is 4.12. The highest BCUT2D eigenvalue weighted by Crippen LogP contribution is 2.29. The van der Waals surface area contributed by atoms with E-state index in [9.17, 15) is 12.8 Å². The van der Waals surface area contributed by atoms with Crippen LogP contribution in [-0.2, 0) is 10.0 Å². The molecular formula is C19H14FN3O2S. The zero-order chi connectivity index (χ0) is 18.1. The average molecular weight is 367 g/mol. The van der Waals surface area contributed by atoms with Gasteiger partial charge in [0.05, 0.1) is 10.6 Å². The van der Waals surface area contributed by atoms with E-state index in [1.807, 2.05) is 6.07 Å². The van der Waals surface area contributed by atoms with Crippen LogP contribution in [0.4, 0.5) is 4.39 Å². The van der Waals surface area contributed by atoms with Crippen LogP contribution in [0.5, 0.6) is 0 Å². The Kier molecular flexibility index (Phi) is 4.00. The fourth-order valence-electron chi connectivity index (χ4n) is 2.88. The van der Waals surface area contributed by atoms with Gasteiger partial charge in [-0.25, -0.2) is 12.8 Å². The van der Waals surface area contributed by atoms with E-state index in [0.717, 1.165) is 0 Å². The van der Waals surface area contributed by atoms with Crippen LogP contribution in [0.25, 0.3) is 0 Å². The van der Waals surface area contributed by atoms with Crippen LogP contribution in [0.2, 0.25) is 0 Å². The highest BCUT2D eigenvalue weighted by Gasteiger charge is 2.31. The predicted octanol–water partition coefficient (Wildman–Crippen LogP) is 3.05. The Labute approximate surface area is 150 Å². The summed E-state index contributed by atoms with van der Waals surface area (Å²) in [5.41, 5.74) is 1.67. The van der Waals surface area contributed by atoms with Gasteiger partial charge in [-0.1, -0.05) is 30.3 Å².